The van der Waals surface area contributed by atoms with E-state index in [-0.39, 0.29) is 5.78 Å². The molecule has 0 amide bonds. The van der Waals surface area contributed by atoms with Crippen LogP contribution in [0.5, 0.6) is 0 Å². The Labute approximate surface area is 111 Å². The molecule has 4 heteroatoms. The molecule has 0 spiro atoms. The zero-order valence-electron chi connectivity index (χ0n) is 10.7. The predicted octanol–water partition coefficient (Wildman–Crippen LogP) is 2.04. The Morgan fingerprint density at radius 1 is 1.33 bits per heavy atom. The number of aryl methyl sites for hydroxylation is 1. The van der Waals surface area contributed by atoms with Crippen LogP contribution in [0.15, 0.2) is 47.9 Å². The molecule has 0 unspecified atom stereocenters. The van der Waals surface area contributed by atoms with Crippen LogP contribution >= 0.6 is 11.8 Å². The van der Waals surface area contributed by atoms with E-state index in [0.29, 0.717) is 5.75 Å². The van der Waals surface area contributed by atoms with E-state index in [4.69, 9.17) is 0 Å². The quantitative estimate of drug-likeness (QED) is 0.608. The fourth-order valence-corrected chi connectivity index (χ4v) is 2.65. The Bertz CT molecular complexity index is 534. The minimum absolute atomic E-state index is 0.201. The highest BCUT2D eigenvalue weighted by Crippen LogP contribution is 2.15. The Morgan fingerprint density at radius 3 is 2.72 bits per heavy atom. The smallest absolute Gasteiger partial charge is 0.299 e. The molecule has 0 N–H and O–H groups in total. The fourth-order valence-electron chi connectivity index (χ4n) is 1.76. The summed E-state index contributed by atoms with van der Waals surface area (Å²) in [6, 6.07) is 10.3. The first-order valence-electron chi connectivity index (χ1n) is 5.88. The summed E-state index contributed by atoms with van der Waals surface area (Å²) in [4.78, 5) is 11.1. The van der Waals surface area contributed by atoms with E-state index < -0.39 is 0 Å². The Kier molecular flexibility index (Phi) is 4.20. The number of Topliss-reactive ketones (excluding diaryl/α,β-unsaturated/α-hetero) is 1. The second-order valence-corrected chi connectivity index (χ2v) is 5.24. The van der Waals surface area contributed by atoms with Gasteiger partial charge < -0.3 is 0 Å². The molecule has 1 aromatic carbocycles. The minimum atomic E-state index is 0.201. The van der Waals surface area contributed by atoms with Crippen LogP contribution in [0.25, 0.3) is 0 Å². The molecule has 2 rings (SSSR count). The lowest BCUT2D eigenvalue weighted by Gasteiger charge is -2.02. The van der Waals surface area contributed by atoms with Crippen molar-refractivity contribution in [3.05, 3.63) is 48.3 Å². The van der Waals surface area contributed by atoms with Crippen LogP contribution in [0.4, 0.5) is 0 Å². The normalized spacial score (nSPS) is 10.6. The molecular formula is C14H17N2OS+. The zero-order chi connectivity index (χ0) is 13.0. The fraction of sp³-hybridized carbons (Fsp3) is 0.286. The zero-order valence-corrected chi connectivity index (χ0v) is 11.5. The third-order valence-corrected chi connectivity index (χ3v) is 3.95. The van der Waals surface area contributed by atoms with E-state index >= 15 is 0 Å². The number of aromatic nitrogens is 2. The first-order chi connectivity index (χ1) is 8.66. The van der Waals surface area contributed by atoms with Gasteiger partial charge in [0.2, 0.25) is 0 Å². The summed E-state index contributed by atoms with van der Waals surface area (Å²) >= 11 is 1.58. The van der Waals surface area contributed by atoms with Crippen molar-refractivity contribution in [1.82, 2.24) is 4.57 Å². The predicted molar refractivity (Wildman–Crippen MR) is 72.6 cm³/mol. The summed E-state index contributed by atoms with van der Waals surface area (Å²) in [5.74, 6) is 0.722. The Balaban J connectivity index is 2.15. The maximum atomic E-state index is 11.1. The number of benzene rings is 1. The van der Waals surface area contributed by atoms with Crippen molar-refractivity contribution >= 4 is 17.5 Å². The third kappa shape index (κ3) is 3.23. The number of nitrogens with zero attached hydrogens (tertiary/aromatic N) is 2. The number of carbonyl (C=O) groups is 1. The number of thioether (sulfide) groups is 1. The lowest BCUT2D eigenvalue weighted by Crippen LogP contribution is -2.29. The molecule has 0 saturated carbocycles. The Morgan fingerprint density at radius 2 is 2.06 bits per heavy atom. The molecular weight excluding hydrogens is 244 g/mol. The summed E-state index contributed by atoms with van der Waals surface area (Å²) in [6.07, 6.45) is 4.07. The SMILES string of the molecule is CC(=O)CSc1n(Cc2ccccc2)cc[n+]1C. The van der Waals surface area contributed by atoms with Crippen molar-refractivity contribution in [3.8, 4) is 0 Å². The van der Waals surface area contributed by atoms with Gasteiger partial charge in [-0.3, -0.25) is 4.79 Å². The Hall–Kier alpha value is -1.55. The number of rotatable bonds is 5. The van der Waals surface area contributed by atoms with E-state index in [0.717, 1.165) is 11.7 Å². The summed E-state index contributed by atoms with van der Waals surface area (Å²) in [5, 5.41) is 1.11. The lowest BCUT2D eigenvalue weighted by atomic mass is 10.2. The summed E-state index contributed by atoms with van der Waals surface area (Å²) in [6.45, 7) is 2.46. The molecule has 0 fully saturated rings. The van der Waals surface area contributed by atoms with Gasteiger partial charge in [-0.25, -0.2) is 9.13 Å². The monoisotopic (exact) mass is 261 g/mol. The van der Waals surface area contributed by atoms with Gasteiger partial charge in [-0.1, -0.05) is 30.3 Å². The van der Waals surface area contributed by atoms with Gasteiger partial charge in [0.15, 0.2) is 0 Å². The summed E-state index contributed by atoms with van der Waals surface area (Å²) < 4.78 is 4.22. The molecule has 0 aliphatic carbocycles. The number of hydrogen-bond donors (Lipinski definition) is 0. The molecule has 1 aromatic heterocycles. The molecule has 0 aliphatic heterocycles. The lowest BCUT2D eigenvalue weighted by molar-refractivity contribution is -0.709. The average Bonchev–Trinajstić information content (AvgIpc) is 2.69. The maximum Gasteiger partial charge on any atom is 0.318 e. The summed E-state index contributed by atoms with van der Waals surface area (Å²) in [5.41, 5.74) is 1.26. The van der Waals surface area contributed by atoms with Gasteiger partial charge in [-0.05, 0) is 24.2 Å². The number of ketones is 1. The second kappa shape index (κ2) is 5.87. The molecule has 18 heavy (non-hydrogen) atoms. The van der Waals surface area contributed by atoms with E-state index in [2.05, 4.69) is 27.5 Å². The molecule has 1 heterocycles. The highest BCUT2D eigenvalue weighted by Gasteiger charge is 2.16. The molecule has 0 bridgehead atoms. The van der Waals surface area contributed by atoms with Crippen molar-refractivity contribution in [2.75, 3.05) is 5.75 Å². The number of imidazole rings is 1. The van der Waals surface area contributed by atoms with E-state index in [9.17, 15) is 4.79 Å². The largest absolute Gasteiger partial charge is 0.318 e. The molecule has 94 valence electrons. The van der Waals surface area contributed by atoms with Crippen LogP contribution in [-0.2, 0) is 18.4 Å². The van der Waals surface area contributed by atoms with Crippen molar-refractivity contribution in [2.45, 2.75) is 18.6 Å². The van der Waals surface area contributed by atoms with Crippen molar-refractivity contribution in [3.63, 3.8) is 0 Å². The molecule has 0 saturated heterocycles. The molecule has 2 aromatic rings. The van der Waals surface area contributed by atoms with Crippen LogP contribution in [0.3, 0.4) is 0 Å². The minimum Gasteiger partial charge on any atom is -0.299 e. The molecule has 3 nitrogen and oxygen atoms in total. The highest BCUT2D eigenvalue weighted by atomic mass is 32.2. The van der Waals surface area contributed by atoms with E-state index in [1.165, 1.54) is 5.56 Å². The molecule has 0 atom stereocenters. The maximum absolute atomic E-state index is 11.1. The van der Waals surface area contributed by atoms with Crippen LogP contribution in [0, 0.1) is 0 Å². The van der Waals surface area contributed by atoms with Gasteiger partial charge >= 0.3 is 5.16 Å². The van der Waals surface area contributed by atoms with Crippen molar-refractivity contribution in [1.29, 1.82) is 0 Å². The van der Waals surface area contributed by atoms with Gasteiger partial charge in [0.1, 0.15) is 24.7 Å². The second-order valence-electron chi connectivity index (χ2n) is 4.30. The van der Waals surface area contributed by atoms with Gasteiger partial charge in [0.05, 0.1) is 12.8 Å². The van der Waals surface area contributed by atoms with Crippen LogP contribution in [0.1, 0.15) is 12.5 Å². The van der Waals surface area contributed by atoms with E-state index in [1.807, 2.05) is 31.4 Å². The number of hydrogen-bond acceptors (Lipinski definition) is 2. The van der Waals surface area contributed by atoms with Gasteiger partial charge in [-0.2, -0.15) is 0 Å². The van der Waals surface area contributed by atoms with Crippen LogP contribution < -0.4 is 4.57 Å². The van der Waals surface area contributed by atoms with Gasteiger partial charge in [0.25, 0.3) is 0 Å². The van der Waals surface area contributed by atoms with Gasteiger partial charge in [-0.15, -0.1) is 0 Å². The first kappa shape index (κ1) is 12.9. The van der Waals surface area contributed by atoms with Crippen LogP contribution in [0.2, 0.25) is 0 Å². The third-order valence-electron chi connectivity index (χ3n) is 2.62. The van der Waals surface area contributed by atoms with Crippen molar-refractivity contribution < 1.29 is 9.36 Å². The van der Waals surface area contributed by atoms with Crippen molar-refractivity contribution in [2.24, 2.45) is 7.05 Å². The summed E-state index contributed by atoms with van der Waals surface area (Å²) in [7, 11) is 2.00. The standard InChI is InChI=1S/C14H17N2OS/c1-12(17)11-18-14-15(2)8-9-16(14)10-13-6-4-3-5-7-13/h3-9H,10-11H2,1-2H3/q+1. The number of carbonyl (C=O) groups excluding carboxylic acids is 1. The van der Waals surface area contributed by atoms with Crippen LogP contribution in [-0.4, -0.2) is 16.1 Å². The molecule has 0 aliphatic rings. The average molecular weight is 261 g/mol. The molecule has 0 radical (unpaired) electrons. The van der Waals surface area contributed by atoms with E-state index in [1.54, 1.807) is 18.7 Å². The topological polar surface area (TPSA) is 25.9 Å². The van der Waals surface area contributed by atoms with Gasteiger partial charge in [0, 0.05) is 0 Å². The highest BCUT2D eigenvalue weighted by molar-refractivity contribution is 7.99. The first-order valence-corrected chi connectivity index (χ1v) is 6.86.